The van der Waals surface area contributed by atoms with Gasteiger partial charge in [-0.05, 0) is 18.2 Å². The van der Waals surface area contributed by atoms with Crippen LogP contribution in [0.15, 0.2) is 28.7 Å². The molecule has 0 saturated carbocycles. The minimum atomic E-state index is -4.20. The Morgan fingerprint density at radius 3 is 2.76 bits per heavy atom. The smallest absolute Gasteiger partial charge is 0.334 e. The first kappa shape index (κ1) is 12.3. The molecule has 1 heterocycles. The summed E-state index contributed by atoms with van der Waals surface area (Å²) in [7, 11) is -4.20. The average Bonchev–Trinajstić information content (AvgIpc) is 2.63. The SMILES string of the molecule is O=P(O)(O)Cc1nnc(-c2cccc(Cl)c2)o1. The van der Waals surface area contributed by atoms with Crippen molar-refractivity contribution in [3.8, 4) is 11.5 Å². The van der Waals surface area contributed by atoms with Gasteiger partial charge < -0.3 is 14.2 Å². The Hall–Kier alpha value is -1.20. The summed E-state index contributed by atoms with van der Waals surface area (Å²) in [6.45, 7) is 0. The number of aromatic nitrogens is 2. The second kappa shape index (κ2) is 4.58. The summed E-state index contributed by atoms with van der Waals surface area (Å²) in [5, 5.41) is 7.76. The van der Waals surface area contributed by atoms with E-state index in [1.165, 1.54) is 0 Å². The maximum atomic E-state index is 10.7. The fourth-order valence-corrected chi connectivity index (χ4v) is 1.90. The Bertz CT molecular complexity index is 580. The van der Waals surface area contributed by atoms with Crippen LogP contribution in [-0.2, 0) is 10.7 Å². The highest BCUT2D eigenvalue weighted by Gasteiger charge is 2.19. The van der Waals surface area contributed by atoms with Crippen LogP contribution in [0, 0.1) is 0 Å². The molecule has 1 aromatic carbocycles. The molecule has 0 aliphatic rings. The summed E-state index contributed by atoms with van der Waals surface area (Å²) in [6.07, 6.45) is -0.569. The summed E-state index contributed by atoms with van der Waals surface area (Å²) in [6, 6.07) is 6.74. The van der Waals surface area contributed by atoms with Gasteiger partial charge in [-0.25, -0.2) is 0 Å². The highest BCUT2D eigenvalue weighted by molar-refractivity contribution is 7.50. The zero-order valence-electron chi connectivity index (χ0n) is 8.45. The fourth-order valence-electron chi connectivity index (χ4n) is 1.23. The van der Waals surface area contributed by atoms with Gasteiger partial charge >= 0.3 is 7.60 Å². The van der Waals surface area contributed by atoms with Crippen LogP contribution in [0.3, 0.4) is 0 Å². The molecular weight excluding hydrogens is 267 g/mol. The van der Waals surface area contributed by atoms with Gasteiger partial charge in [-0.2, -0.15) is 0 Å². The molecule has 2 N–H and O–H groups in total. The van der Waals surface area contributed by atoms with E-state index in [0.717, 1.165) is 0 Å². The highest BCUT2D eigenvalue weighted by atomic mass is 35.5. The molecule has 0 radical (unpaired) electrons. The van der Waals surface area contributed by atoms with E-state index in [4.69, 9.17) is 25.8 Å². The van der Waals surface area contributed by atoms with E-state index in [-0.39, 0.29) is 11.8 Å². The van der Waals surface area contributed by atoms with Crippen LogP contribution in [-0.4, -0.2) is 20.0 Å². The van der Waals surface area contributed by atoms with Crippen LogP contribution >= 0.6 is 19.2 Å². The molecule has 0 aliphatic heterocycles. The predicted molar refractivity (Wildman–Crippen MR) is 60.5 cm³/mol. The van der Waals surface area contributed by atoms with Crippen molar-refractivity contribution in [3.63, 3.8) is 0 Å². The van der Waals surface area contributed by atoms with Crippen LogP contribution in [0.25, 0.3) is 11.5 Å². The Morgan fingerprint density at radius 1 is 1.35 bits per heavy atom. The normalized spacial score (nSPS) is 11.7. The van der Waals surface area contributed by atoms with Crippen LogP contribution in [0.4, 0.5) is 0 Å². The topological polar surface area (TPSA) is 96.5 Å². The van der Waals surface area contributed by atoms with Gasteiger partial charge in [-0.15, -0.1) is 10.2 Å². The zero-order chi connectivity index (χ0) is 12.5. The molecule has 0 unspecified atom stereocenters. The van der Waals surface area contributed by atoms with E-state index in [1.54, 1.807) is 24.3 Å². The number of benzene rings is 1. The Labute approximate surface area is 101 Å². The van der Waals surface area contributed by atoms with Crippen LogP contribution in [0.2, 0.25) is 5.02 Å². The van der Waals surface area contributed by atoms with Gasteiger partial charge in [0.2, 0.25) is 11.8 Å². The van der Waals surface area contributed by atoms with Gasteiger partial charge in [-0.3, -0.25) is 4.57 Å². The number of halogens is 1. The monoisotopic (exact) mass is 274 g/mol. The summed E-state index contributed by atoms with van der Waals surface area (Å²) in [5.74, 6) is 0.0734. The minimum absolute atomic E-state index is 0.103. The summed E-state index contributed by atoms with van der Waals surface area (Å²) >= 11 is 5.79. The van der Waals surface area contributed by atoms with E-state index in [9.17, 15) is 4.57 Å². The lowest BCUT2D eigenvalue weighted by molar-refractivity contribution is 0.364. The van der Waals surface area contributed by atoms with Gasteiger partial charge in [0.1, 0.15) is 6.16 Å². The Morgan fingerprint density at radius 2 is 2.12 bits per heavy atom. The van der Waals surface area contributed by atoms with Crippen molar-refractivity contribution >= 4 is 19.2 Å². The lowest BCUT2D eigenvalue weighted by atomic mass is 10.2. The Kier molecular flexibility index (Phi) is 3.31. The van der Waals surface area contributed by atoms with Crippen molar-refractivity contribution in [2.24, 2.45) is 0 Å². The van der Waals surface area contributed by atoms with Crippen LogP contribution in [0.1, 0.15) is 5.89 Å². The third-order valence-electron chi connectivity index (χ3n) is 1.88. The molecule has 1 aromatic heterocycles. The number of nitrogens with zero attached hydrogens (tertiary/aromatic N) is 2. The third-order valence-corrected chi connectivity index (χ3v) is 2.80. The molecule has 0 bridgehead atoms. The molecule has 0 spiro atoms. The number of hydrogen-bond acceptors (Lipinski definition) is 4. The molecule has 0 atom stereocenters. The fraction of sp³-hybridized carbons (Fsp3) is 0.111. The molecular formula is C9H8ClN2O4P. The molecule has 2 rings (SSSR count). The maximum Gasteiger partial charge on any atom is 0.334 e. The Balaban J connectivity index is 2.27. The van der Waals surface area contributed by atoms with Crippen molar-refractivity contribution in [2.75, 3.05) is 0 Å². The highest BCUT2D eigenvalue weighted by Crippen LogP contribution is 2.39. The van der Waals surface area contributed by atoms with E-state index in [2.05, 4.69) is 10.2 Å². The first-order valence-corrected chi connectivity index (χ1v) is 6.74. The summed E-state index contributed by atoms with van der Waals surface area (Å²) in [5.41, 5.74) is 0.599. The quantitative estimate of drug-likeness (QED) is 0.832. The van der Waals surface area contributed by atoms with Crippen LogP contribution in [0.5, 0.6) is 0 Å². The van der Waals surface area contributed by atoms with Crippen molar-refractivity contribution in [3.05, 3.63) is 35.2 Å². The van der Waals surface area contributed by atoms with Gasteiger partial charge in [0, 0.05) is 10.6 Å². The zero-order valence-corrected chi connectivity index (χ0v) is 10.1. The van der Waals surface area contributed by atoms with Gasteiger partial charge in [0.05, 0.1) is 0 Å². The molecule has 2 aromatic rings. The van der Waals surface area contributed by atoms with Crippen molar-refractivity contribution in [1.29, 1.82) is 0 Å². The summed E-state index contributed by atoms with van der Waals surface area (Å²) < 4.78 is 15.9. The third kappa shape index (κ3) is 3.38. The van der Waals surface area contributed by atoms with E-state index in [1.807, 2.05) is 0 Å². The van der Waals surface area contributed by atoms with Crippen LogP contribution < -0.4 is 0 Å². The number of rotatable bonds is 3. The maximum absolute atomic E-state index is 10.7. The molecule has 0 aliphatic carbocycles. The van der Waals surface area contributed by atoms with Crippen molar-refractivity contribution in [1.82, 2.24) is 10.2 Å². The molecule has 90 valence electrons. The first-order valence-electron chi connectivity index (χ1n) is 4.57. The van der Waals surface area contributed by atoms with E-state index in [0.29, 0.717) is 10.6 Å². The summed E-state index contributed by atoms with van der Waals surface area (Å²) in [4.78, 5) is 17.5. The minimum Gasteiger partial charge on any atom is -0.420 e. The predicted octanol–water partition coefficient (Wildman–Crippen LogP) is 2.07. The molecule has 0 fully saturated rings. The molecule has 6 nitrogen and oxygen atoms in total. The van der Waals surface area contributed by atoms with Gasteiger partial charge in [-0.1, -0.05) is 17.7 Å². The molecule has 0 saturated heterocycles. The largest absolute Gasteiger partial charge is 0.420 e. The second-order valence-corrected chi connectivity index (χ2v) is 5.42. The standard InChI is InChI=1S/C9H8ClN2O4P/c10-7-3-1-2-6(4-7)9-12-11-8(16-9)5-17(13,14)15/h1-4H,5H2,(H2,13,14,15). The molecule has 0 amide bonds. The second-order valence-electron chi connectivity index (χ2n) is 3.33. The molecule has 17 heavy (non-hydrogen) atoms. The first-order chi connectivity index (χ1) is 7.94. The van der Waals surface area contributed by atoms with Gasteiger partial charge in [0.15, 0.2) is 0 Å². The van der Waals surface area contributed by atoms with E-state index >= 15 is 0 Å². The lowest BCUT2D eigenvalue weighted by Crippen LogP contribution is -1.86. The molecule has 8 heteroatoms. The number of hydrogen-bond donors (Lipinski definition) is 2. The lowest BCUT2D eigenvalue weighted by Gasteiger charge is -1.97. The van der Waals surface area contributed by atoms with Crippen molar-refractivity contribution < 1.29 is 18.8 Å². The van der Waals surface area contributed by atoms with Gasteiger partial charge in [0.25, 0.3) is 0 Å². The van der Waals surface area contributed by atoms with E-state index < -0.39 is 13.8 Å². The van der Waals surface area contributed by atoms with Crippen molar-refractivity contribution in [2.45, 2.75) is 6.16 Å². The average molecular weight is 275 g/mol.